The molecule has 1 heterocycles. The van der Waals surface area contributed by atoms with Crippen molar-refractivity contribution in [3.8, 4) is 0 Å². The average molecular weight is 232 g/mol. The quantitative estimate of drug-likeness (QED) is 0.882. The van der Waals surface area contributed by atoms with Crippen LogP contribution in [0.25, 0.3) is 0 Å². The Morgan fingerprint density at radius 1 is 1.24 bits per heavy atom. The van der Waals surface area contributed by atoms with Gasteiger partial charge in [0, 0.05) is 20.3 Å². The lowest BCUT2D eigenvalue weighted by Crippen LogP contribution is -2.13. The number of benzene rings is 1. The molecule has 0 unspecified atom stereocenters. The zero-order chi connectivity index (χ0) is 12.3. The molecule has 0 saturated carbocycles. The molecule has 1 aromatic heterocycles. The van der Waals surface area contributed by atoms with Crippen LogP contribution in [0.3, 0.4) is 0 Å². The van der Waals surface area contributed by atoms with E-state index in [0.29, 0.717) is 17.5 Å². The predicted octanol–water partition coefficient (Wildman–Crippen LogP) is 2.43. The summed E-state index contributed by atoms with van der Waals surface area (Å²) in [4.78, 5) is 9.94. The number of para-hydroxylation sites is 1. The van der Waals surface area contributed by atoms with Crippen LogP contribution in [-0.2, 0) is 0 Å². The lowest BCUT2D eigenvalue weighted by atomic mass is 10.3. The molecule has 0 amide bonds. The van der Waals surface area contributed by atoms with Gasteiger partial charge in [-0.3, -0.25) is 0 Å². The van der Waals surface area contributed by atoms with E-state index in [1.54, 1.807) is 49.5 Å². The molecular formula is C12H13FN4. The molecular weight excluding hydrogens is 219 g/mol. The van der Waals surface area contributed by atoms with Crippen molar-refractivity contribution >= 4 is 17.5 Å². The minimum Gasteiger partial charge on any atom is -0.357 e. The number of halogens is 1. The third-order valence-corrected chi connectivity index (χ3v) is 2.42. The SMILES string of the molecule is CNc1nccc(N(C)c2ccccc2F)n1. The van der Waals surface area contributed by atoms with E-state index < -0.39 is 0 Å². The molecule has 1 N–H and O–H groups in total. The standard InChI is InChI=1S/C12H13FN4/c1-14-12-15-8-7-11(16-12)17(2)10-6-4-3-5-9(10)13/h3-8H,1-2H3,(H,14,15,16). The van der Waals surface area contributed by atoms with Crippen LogP contribution in [0.5, 0.6) is 0 Å². The first-order chi connectivity index (χ1) is 8.22. The van der Waals surface area contributed by atoms with E-state index in [1.165, 1.54) is 6.07 Å². The highest BCUT2D eigenvalue weighted by molar-refractivity contribution is 5.60. The third kappa shape index (κ3) is 2.33. The Labute approximate surface area is 99.1 Å². The molecule has 0 atom stereocenters. The topological polar surface area (TPSA) is 41.1 Å². The largest absolute Gasteiger partial charge is 0.357 e. The van der Waals surface area contributed by atoms with Crippen molar-refractivity contribution in [2.45, 2.75) is 0 Å². The maximum atomic E-state index is 13.6. The Bertz CT molecular complexity index is 515. The van der Waals surface area contributed by atoms with Gasteiger partial charge in [0.25, 0.3) is 0 Å². The Morgan fingerprint density at radius 3 is 2.71 bits per heavy atom. The Kier molecular flexibility index (Phi) is 3.18. The number of nitrogens with one attached hydrogen (secondary N) is 1. The Morgan fingerprint density at radius 2 is 2.00 bits per heavy atom. The van der Waals surface area contributed by atoms with Gasteiger partial charge in [-0.15, -0.1) is 0 Å². The van der Waals surface area contributed by atoms with Gasteiger partial charge in [0.15, 0.2) is 0 Å². The van der Waals surface area contributed by atoms with Gasteiger partial charge < -0.3 is 10.2 Å². The first kappa shape index (κ1) is 11.3. The number of hydrogen-bond donors (Lipinski definition) is 1. The van der Waals surface area contributed by atoms with Crippen LogP contribution in [0.4, 0.5) is 21.8 Å². The molecule has 0 aliphatic carbocycles. The number of hydrogen-bond acceptors (Lipinski definition) is 4. The fraction of sp³-hybridized carbons (Fsp3) is 0.167. The summed E-state index contributed by atoms with van der Waals surface area (Å²) in [6.07, 6.45) is 1.63. The van der Waals surface area contributed by atoms with Crippen molar-refractivity contribution in [1.29, 1.82) is 0 Å². The maximum absolute atomic E-state index is 13.6. The summed E-state index contributed by atoms with van der Waals surface area (Å²) in [7, 11) is 3.50. The molecule has 2 aromatic rings. The second-order valence-electron chi connectivity index (χ2n) is 3.50. The molecule has 88 valence electrons. The predicted molar refractivity (Wildman–Crippen MR) is 66.0 cm³/mol. The van der Waals surface area contributed by atoms with E-state index in [1.807, 2.05) is 0 Å². The summed E-state index contributed by atoms with van der Waals surface area (Å²) < 4.78 is 13.6. The monoisotopic (exact) mass is 232 g/mol. The molecule has 0 bridgehead atoms. The molecule has 2 rings (SSSR count). The smallest absolute Gasteiger partial charge is 0.224 e. The Balaban J connectivity index is 2.37. The second-order valence-corrected chi connectivity index (χ2v) is 3.50. The van der Waals surface area contributed by atoms with E-state index in [-0.39, 0.29) is 5.82 Å². The van der Waals surface area contributed by atoms with Crippen molar-refractivity contribution in [3.05, 3.63) is 42.3 Å². The van der Waals surface area contributed by atoms with Crippen LogP contribution in [-0.4, -0.2) is 24.1 Å². The van der Waals surface area contributed by atoms with Crippen LogP contribution in [0.2, 0.25) is 0 Å². The molecule has 0 fully saturated rings. The van der Waals surface area contributed by atoms with Crippen LogP contribution < -0.4 is 10.2 Å². The molecule has 4 nitrogen and oxygen atoms in total. The number of anilines is 3. The van der Waals surface area contributed by atoms with E-state index in [2.05, 4.69) is 15.3 Å². The molecule has 0 radical (unpaired) electrons. The average Bonchev–Trinajstić information content (AvgIpc) is 2.38. The molecule has 1 aromatic carbocycles. The number of rotatable bonds is 3. The lowest BCUT2D eigenvalue weighted by molar-refractivity contribution is 0.627. The summed E-state index contributed by atoms with van der Waals surface area (Å²) in [5, 5.41) is 2.85. The first-order valence-electron chi connectivity index (χ1n) is 5.21. The maximum Gasteiger partial charge on any atom is 0.224 e. The van der Waals surface area contributed by atoms with Gasteiger partial charge in [0.05, 0.1) is 5.69 Å². The van der Waals surface area contributed by atoms with E-state index in [9.17, 15) is 4.39 Å². The van der Waals surface area contributed by atoms with E-state index in [4.69, 9.17) is 0 Å². The fourth-order valence-corrected chi connectivity index (χ4v) is 1.50. The summed E-state index contributed by atoms with van der Waals surface area (Å²) in [5.74, 6) is 0.861. The summed E-state index contributed by atoms with van der Waals surface area (Å²) in [6, 6.07) is 8.30. The summed E-state index contributed by atoms with van der Waals surface area (Å²) in [5.41, 5.74) is 0.480. The lowest BCUT2D eigenvalue weighted by Gasteiger charge is -2.18. The second kappa shape index (κ2) is 4.78. The summed E-state index contributed by atoms with van der Waals surface area (Å²) >= 11 is 0. The molecule has 17 heavy (non-hydrogen) atoms. The van der Waals surface area contributed by atoms with Gasteiger partial charge in [0.1, 0.15) is 11.6 Å². The zero-order valence-corrected chi connectivity index (χ0v) is 9.68. The van der Waals surface area contributed by atoms with Crippen molar-refractivity contribution in [3.63, 3.8) is 0 Å². The third-order valence-electron chi connectivity index (χ3n) is 2.42. The van der Waals surface area contributed by atoms with Crippen molar-refractivity contribution < 1.29 is 4.39 Å². The number of nitrogens with zero attached hydrogens (tertiary/aromatic N) is 3. The molecule has 0 saturated heterocycles. The Hall–Kier alpha value is -2.17. The van der Waals surface area contributed by atoms with Crippen LogP contribution in [0.15, 0.2) is 36.5 Å². The fourth-order valence-electron chi connectivity index (χ4n) is 1.50. The van der Waals surface area contributed by atoms with Crippen LogP contribution >= 0.6 is 0 Å². The minimum absolute atomic E-state index is 0.278. The van der Waals surface area contributed by atoms with E-state index >= 15 is 0 Å². The van der Waals surface area contributed by atoms with Gasteiger partial charge in [-0.25, -0.2) is 9.37 Å². The first-order valence-corrected chi connectivity index (χ1v) is 5.21. The van der Waals surface area contributed by atoms with Crippen LogP contribution in [0.1, 0.15) is 0 Å². The van der Waals surface area contributed by atoms with Crippen molar-refractivity contribution in [2.75, 3.05) is 24.3 Å². The van der Waals surface area contributed by atoms with Gasteiger partial charge in [0.2, 0.25) is 5.95 Å². The van der Waals surface area contributed by atoms with E-state index in [0.717, 1.165) is 0 Å². The highest BCUT2D eigenvalue weighted by Gasteiger charge is 2.10. The van der Waals surface area contributed by atoms with Crippen molar-refractivity contribution in [1.82, 2.24) is 9.97 Å². The molecule has 5 heteroatoms. The van der Waals surface area contributed by atoms with Gasteiger partial charge >= 0.3 is 0 Å². The van der Waals surface area contributed by atoms with Crippen molar-refractivity contribution in [2.24, 2.45) is 0 Å². The van der Waals surface area contributed by atoms with Gasteiger partial charge in [-0.05, 0) is 18.2 Å². The number of aromatic nitrogens is 2. The normalized spacial score (nSPS) is 10.1. The molecule has 0 aliphatic heterocycles. The van der Waals surface area contributed by atoms with Crippen LogP contribution in [0, 0.1) is 5.82 Å². The summed E-state index contributed by atoms with van der Waals surface area (Å²) in [6.45, 7) is 0. The highest BCUT2D eigenvalue weighted by atomic mass is 19.1. The molecule has 0 aliphatic rings. The zero-order valence-electron chi connectivity index (χ0n) is 9.68. The highest BCUT2D eigenvalue weighted by Crippen LogP contribution is 2.24. The van der Waals surface area contributed by atoms with Gasteiger partial charge in [-0.1, -0.05) is 12.1 Å². The molecule has 0 spiro atoms. The van der Waals surface area contributed by atoms with Gasteiger partial charge in [-0.2, -0.15) is 4.98 Å². The minimum atomic E-state index is -0.278.